The molecule has 0 amide bonds. The monoisotopic (exact) mass is 559 g/mol. The van der Waals surface area contributed by atoms with Gasteiger partial charge in [-0.1, -0.05) is 18.2 Å². The number of nitrogens with one attached hydrogen (secondary N) is 1. The molecule has 1 saturated heterocycles. The predicted octanol–water partition coefficient (Wildman–Crippen LogP) is 3.57. The summed E-state index contributed by atoms with van der Waals surface area (Å²) in [5.74, 6) is 1.64. The van der Waals surface area contributed by atoms with Crippen LogP contribution in [0.5, 0.6) is 11.5 Å². The third-order valence-electron chi connectivity index (χ3n) is 7.34. The van der Waals surface area contributed by atoms with Gasteiger partial charge in [0.25, 0.3) is 5.09 Å². The Hall–Kier alpha value is -3.12. The van der Waals surface area contributed by atoms with Crippen molar-refractivity contribution in [1.29, 1.82) is 0 Å². The largest absolute Gasteiger partial charge is 0.497 e. The normalized spacial score (nSPS) is 21.3. The summed E-state index contributed by atoms with van der Waals surface area (Å²) in [5, 5.41) is 13.3. The van der Waals surface area contributed by atoms with E-state index in [0.29, 0.717) is 39.3 Å². The average Bonchev–Trinajstić information content (AvgIpc) is 2.96. The third kappa shape index (κ3) is 8.20. The highest BCUT2D eigenvalue weighted by molar-refractivity contribution is 5.61. The third-order valence-corrected chi connectivity index (χ3v) is 7.34. The second kappa shape index (κ2) is 15.0. The summed E-state index contributed by atoms with van der Waals surface area (Å²) < 4.78 is 29.3. The molecule has 0 spiro atoms. The fourth-order valence-corrected chi connectivity index (χ4v) is 5.27. The summed E-state index contributed by atoms with van der Waals surface area (Å²) >= 11 is 0. The summed E-state index contributed by atoms with van der Waals surface area (Å²) in [6.07, 6.45) is 0.496. The number of rotatable bonds is 15. The lowest BCUT2D eigenvalue weighted by Gasteiger charge is -2.39. The molecule has 1 N–H and O–H groups in total. The van der Waals surface area contributed by atoms with Crippen LogP contribution < -0.4 is 19.7 Å². The summed E-state index contributed by atoms with van der Waals surface area (Å²) in [4.78, 5) is 17.6. The van der Waals surface area contributed by atoms with E-state index in [1.807, 2.05) is 30.3 Å². The molecule has 11 heteroatoms. The highest BCUT2D eigenvalue weighted by Gasteiger charge is 2.36. The van der Waals surface area contributed by atoms with E-state index in [1.54, 1.807) is 21.1 Å². The summed E-state index contributed by atoms with van der Waals surface area (Å²) in [6.45, 7) is 6.92. The van der Waals surface area contributed by atoms with Crippen LogP contribution in [-0.4, -0.2) is 83.6 Å². The summed E-state index contributed by atoms with van der Waals surface area (Å²) in [7, 11) is 3.37. The smallest absolute Gasteiger partial charge is 0.294 e. The molecule has 0 bridgehead atoms. The van der Waals surface area contributed by atoms with Gasteiger partial charge in [0.05, 0.1) is 38.2 Å². The Morgan fingerprint density at radius 1 is 1.10 bits per heavy atom. The van der Waals surface area contributed by atoms with Crippen molar-refractivity contribution in [2.75, 3.05) is 65.1 Å². The molecule has 2 aliphatic rings. The Morgan fingerprint density at radius 2 is 1.88 bits per heavy atom. The van der Waals surface area contributed by atoms with Crippen molar-refractivity contribution in [3.8, 4) is 11.5 Å². The lowest BCUT2D eigenvalue weighted by Crippen LogP contribution is -2.50. The van der Waals surface area contributed by atoms with Crippen LogP contribution >= 0.6 is 0 Å². The number of hydrogen-bond acceptors (Lipinski definition) is 10. The maximum absolute atomic E-state index is 10.6. The highest BCUT2D eigenvalue weighted by Crippen LogP contribution is 2.35. The first kappa shape index (κ1) is 29.9. The number of methoxy groups -OCH3 is 2. The summed E-state index contributed by atoms with van der Waals surface area (Å²) in [6, 6.07) is 14.2. The summed E-state index contributed by atoms with van der Waals surface area (Å²) in [5.41, 5.74) is 3.25. The quantitative estimate of drug-likeness (QED) is 0.197. The van der Waals surface area contributed by atoms with E-state index in [-0.39, 0.29) is 18.1 Å². The lowest BCUT2D eigenvalue weighted by atomic mass is 9.85. The first-order valence-corrected chi connectivity index (χ1v) is 13.9. The van der Waals surface area contributed by atoms with E-state index in [9.17, 15) is 10.1 Å². The molecule has 2 aromatic rings. The first-order valence-electron chi connectivity index (χ1n) is 13.9. The fraction of sp³-hybridized carbons (Fsp3) is 0.586. The molecule has 1 fully saturated rings. The van der Waals surface area contributed by atoms with E-state index in [4.69, 9.17) is 23.7 Å². The number of benzene rings is 2. The topological polar surface area (TPSA) is 114 Å². The Kier molecular flexibility index (Phi) is 11.2. The van der Waals surface area contributed by atoms with Crippen LogP contribution in [0.15, 0.2) is 42.5 Å². The molecular formula is C29H41N3O8. The van der Waals surface area contributed by atoms with Crippen molar-refractivity contribution >= 4 is 5.69 Å². The highest BCUT2D eigenvalue weighted by atomic mass is 17.0. The van der Waals surface area contributed by atoms with Crippen molar-refractivity contribution < 1.29 is 33.6 Å². The van der Waals surface area contributed by atoms with Crippen LogP contribution in [0.3, 0.4) is 0 Å². The number of hydrogen-bond donors (Lipinski definition) is 1. The number of fused-ring (bicyclic) bond motifs is 1. The van der Waals surface area contributed by atoms with E-state index >= 15 is 0 Å². The SMILES string of the molecule is COCCCN1CCOc2ccc(CO[C@H]3CNC[C@@H](OCCC(C)O[N+](=O)[O-])[C@@H]3c3ccc(OC)cc3)cc21. The molecule has 4 atom stereocenters. The Labute approximate surface area is 235 Å². The van der Waals surface area contributed by atoms with Gasteiger partial charge in [0.1, 0.15) is 24.2 Å². The van der Waals surface area contributed by atoms with Gasteiger partial charge in [-0.3, -0.25) is 0 Å². The van der Waals surface area contributed by atoms with E-state index in [0.717, 1.165) is 54.4 Å². The molecule has 2 aromatic carbocycles. The molecule has 0 saturated carbocycles. The van der Waals surface area contributed by atoms with Crippen molar-refractivity contribution in [3.63, 3.8) is 0 Å². The van der Waals surface area contributed by atoms with Crippen molar-refractivity contribution in [3.05, 3.63) is 63.7 Å². The molecular weight excluding hydrogens is 518 g/mol. The fourth-order valence-electron chi connectivity index (χ4n) is 5.27. The molecule has 220 valence electrons. The van der Waals surface area contributed by atoms with Crippen LogP contribution in [0.25, 0.3) is 0 Å². The zero-order valence-electron chi connectivity index (χ0n) is 23.6. The van der Waals surface area contributed by atoms with Gasteiger partial charge >= 0.3 is 0 Å². The van der Waals surface area contributed by atoms with Crippen LogP contribution in [0, 0.1) is 10.1 Å². The van der Waals surface area contributed by atoms with Crippen LogP contribution in [0.1, 0.15) is 36.8 Å². The van der Waals surface area contributed by atoms with Crippen LogP contribution in [-0.2, 0) is 25.7 Å². The number of piperidine rings is 1. The maximum atomic E-state index is 10.6. The van der Waals surface area contributed by atoms with Gasteiger partial charge < -0.3 is 38.7 Å². The van der Waals surface area contributed by atoms with Gasteiger partial charge in [-0.25, -0.2) is 0 Å². The van der Waals surface area contributed by atoms with Gasteiger partial charge in [0.15, 0.2) is 0 Å². The van der Waals surface area contributed by atoms with Gasteiger partial charge in [-0.05, 0) is 55.2 Å². The second-order valence-corrected chi connectivity index (χ2v) is 10.1. The number of nitrogens with zero attached hydrogens (tertiary/aromatic N) is 2. The molecule has 0 radical (unpaired) electrons. The van der Waals surface area contributed by atoms with Crippen molar-refractivity contribution in [2.45, 2.75) is 50.6 Å². The van der Waals surface area contributed by atoms with E-state index in [1.165, 1.54) is 0 Å². The molecule has 1 unspecified atom stereocenters. The minimum absolute atomic E-state index is 0.0367. The molecule has 11 nitrogen and oxygen atoms in total. The van der Waals surface area contributed by atoms with Crippen LogP contribution in [0.4, 0.5) is 5.69 Å². The molecule has 0 aliphatic carbocycles. The molecule has 2 aliphatic heterocycles. The van der Waals surface area contributed by atoms with Gasteiger partial charge in [0.2, 0.25) is 0 Å². The maximum Gasteiger partial charge on any atom is 0.294 e. The zero-order chi connectivity index (χ0) is 28.3. The van der Waals surface area contributed by atoms with E-state index in [2.05, 4.69) is 27.2 Å². The van der Waals surface area contributed by atoms with E-state index < -0.39 is 11.2 Å². The first-order chi connectivity index (χ1) is 19.5. The average molecular weight is 560 g/mol. The molecule has 40 heavy (non-hydrogen) atoms. The second-order valence-electron chi connectivity index (χ2n) is 10.1. The molecule has 2 heterocycles. The van der Waals surface area contributed by atoms with Gasteiger partial charge in [0, 0.05) is 45.9 Å². The predicted molar refractivity (Wildman–Crippen MR) is 150 cm³/mol. The molecule has 4 rings (SSSR count). The number of anilines is 1. The zero-order valence-corrected chi connectivity index (χ0v) is 23.6. The minimum atomic E-state index is -0.761. The Morgan fingerprint density at radius 3 is 2.60 bits per heavy atom. The van der Waals surface area contributed by atoms with Crippen LogP contribution in [0.2, 0.25) is 0 Å². The van der Waals surface area contributed by atoms with Crippen molar-refractivity contribution in [1.82, 2.24) is 5.32 Å². The van der Waals surface area contributed by atoms with Crippen molar-refractivity contribution in [2.24, 2.45) is 0 Å². The Bertz CT molecular complexity index is 1070. The minimum Gasteiger partial charge on any atom is -0.497 e. The lowest BCUT2D eigenvalue weighted by molar-refractivity contribution is -0.767. The standard InChI is InChI=1S/C29H41N3O8/c1-21(40-32(33)34)11-15-37-27-18-30-19-28(29(27)23-6-8-24(36-3)9-7-23)39-20-22-5-10-26-25(17-22)31(13-16-38-26)12-4-14-35-2/h5-10,17,21,27-30H,4,11-16,18-20H2,1-3H3/t21?,27-,28+,29+/m1/s1. The van der Waals surface area contributed by atoms with Gasteiger partial charge in [-0.15, -0.1) is 10.1 Å². The number of ether oxygens (including phenoxy) is 5. The molecule has 0 aromatic heterocycles. The Balaban J connectivity index is 1.45. The van der Waals surface area contributed by atoms with Gasteiger partial charge in [-0.2, -0.15) is 0 Å².